The highest BCUT2D eigenvalue weighted by atomic mass is 19.1. The van der Waals surface area contributed by atoms with Crippen molar-refractivity contribution in [2.45, 2.75) is 103 Å². The molecule has 2 heterocycles. The van der Waals surface area contributed by atoms with Gasteiger partial charge in [0.1, 0.15) is 23.6 Å². The van der Waals surface area contributed by atoms with Crippen molar-refractivity contribution >= 4 is 29.4 Å². The van der Waals surface area contributed by atoms with Crippen molar-refractivity contribution in [3.05, 3.63) is 41.0 Å². The molecule has 1 unspecified atom stereocenters. The summed E-state index contributed by atoms with van der Waals surface area (Å²) in [5.74, 6) is -2.20. The molecule has 14 heteroatoms. The molecule has 13 nitrogen and oxygen atoms in total. The molecular formula is C35H51FN8O5. The second-order valence-electron chi connectivity index (χ2n) is 14.3. The molecule has 0 spiro atoms. The number of amides is 5. The molecule has 3 fully saturated rings. The minimum atomic E-state index is -0.925. The van der Waals surface area contributed by atoms with Gasteiger partial charge in [-0.15, -0.1) is 0 Å². The Morgan fingerprint density at radius 3 is 2.39 bits per heavy atom. The summed E-state index contributed by atoms with van der Waals surface area (Å²) in [6, 6.07) is 2.56. The van der Waals surface area contributed by atoms with E-state index in [0.717, 1.165) is 38.5 Å². The Bertz CT molecular complexity index is 1510. The molecule has 1 aromatic heterocycles. The van der Waals surface area contributed by atoms with Crippen molar-refractivity contribution in [1.29, 1.82) is 0 Å². The van der Waals surface area contributed by atoms with E-state index < -0.39 is 35.6 Å². The maximum Gasteiger partial charge on any atom is 0.318 e. The first-order valence-corrected chi connectivity index (χ1v) is 17.6. The van der Waals surface area contributed by atoms with E-state index in [1.54, 1.807) is 29.8 Å². The first kappa shape index (κ1) is 36.2. The van der Waals surface area contributed by atoms with E-state index in [9.17, 15) is 19.2 Å². The number of hydrogen-bond acceptors (Lipinski definition) is 8. The highest BCUT2D eigenvalue weighted by Crippen LogP contribution is 2.32. The fraction of sp³-hybridized carbons (Fsp3) is 0.657. The number of halogens is 1. The molecule has 268 valence electrons. The zero-order valence-corrected chi connectivity index (χ0v) is 29.5. The number of urea groups is 1. The first-order valence-electron chi connectivity index (χ1n) is 17.6. The number of benzene rings is 1. The molecule has 2 saturated carbocycles. The highest BCUT2D eigenvalue weighted by molar-refractivity contribution is 6.01. The van der Waals surface area contributed by atoms with Gasteiger partial charge in [0.25, 0.3) is 5.91 Å². The van der Waals surface area contributed by atoms with Gasteiger partial charge in [-0.2, -0.15) is 0 Å². The number of anilines is 1. The monoisotopic (exact) mass is 682 g/mol. The van der Waals surface area contributed by atoms with Crippen LogP contribution in [0.4, 0.5) is 14.9 Å². The number of aryl methyl sites for hydroxylation is 1. The van der Waals surface area contributed by atoms with Crippen molar-refractivity contribution in [3.63, 3.8) is 0 Å². The maximum atomic E-state index is 15.8. The summed E-state index contributed by atoms with van der Waals surface area (Å²) in [6.07, 6.45) is 5.58. The molecule has 2 aromatic rings. The lowest BCUT2D eigenvalue weighted by molar-refractivity contribution is -0.136. The zero-order valence-electron chi connectivity index (χ0n) is 29.5. The van der Waals surface area contributed by atoms with E-state index in [2.05, 4.69) is 45.0 Å². The van der Waals surface area contributed by atoms with Crippen LogP contribution in [0.5, 0.6) is 0 Å². The van der Waals surface area contributed by atoms with E-state index in [4.69, 9.17) is 4.63 Å². The number of likely N-dealkylation sites (N-methyl/N-ethyl adjacent to an activating group) is 1. The lowest BCUT2D eigenvalue weighted by atomic mass is 9.79. The van der Waals surface area contributed by atoms with Crippen LogP contribution in [0, 0.1) is 17.7 Å². The van der Waals surface area contributed by atoms with Crippen LogP contribution in [-0.4, -0.2) is 107 Å². The third-order valence-electron chi connectivity index (χ3n) is 10.7. The van der Waals surface area contributed by atoms with Crippen LogP contribution in [0.2, 0.25) is 0 Å². The van der Waals surface area contributed by atoms with Gasteiger partial charge in [-0.25, -0.2) is 13.8 Å². The number of rotatable bonds is 11. The SMILES string of the molecule is CCc1nonc1C(=O)NC(C(=O)Nc1ccc([C@H](C)[C@@H](NC(=O)N(C)C2CC2)C(=O)N2CCN(C)[C@H](C)C2)cc1F)C1CCC(C)CC1. The molecule has 0 radical (unpaired) electrons. The van der Waals surface area contributed by atoms with E-state index in [1.807, 2.05) is 14.0 Å². The Morgan fingerprint density at radius 1 is 1.04 bits per heavy atom. The molecule has 5 amide bonds. The van der Waals surface area contributed by atoms with E-state index >= 15 is 4.39 Å². The number of carbonyl (C=O) groups excluding carboxylic acids is 4. The maximum absolute atomic E-state index is 15.8. The van der Waals surface area contributed by atoms with Crippen LogP contribution in [0.3, 0.4) is 0 Å². The molecule has 0 bridgehead atoms. The first-order chi connectivity index (χ1) is 23.4. The molecule has 1 saturated heterocycles. The van der Waals surface area contributed by atoms with Crippen molar-refractivity contribution in [2.24, 2.45) is 11.8 Å². The molecule has 4 atom stereocenters. The van der Waals surface area contributed by atoms with Crippen molar-refractivity contribution in [3.8, 4) is 0 Å². The van der Waals surface area contributed by atoms with E-state index in [0.29, 0.717) is 43.2 Å². The normalized spacial score (nSPS) is 23.2. The van der Waals surface area contributed by atoms with Crippen LogP contribution in [-0.2, 0) is 16.0 Å². The average molecular weight is 683 g/mol. The van der Waals surface area contributed by atoms with Gasteiger partial charge >= 0.3 is 6.03 Å². The fourth-order valence-electron chi connectivity index (χ4n) is 6.86. The van der Waals surface area contributed by atoms with Crippen molar-refractivity contribution < 1.29 is 28.2 Å². The van der Waals surface area contributed by atoms with E-state index in [-0.39, 0.29) is 41.3 Å². The summed E-state index contributed by atoms with van der Waals surface area (Å²) >= 11 is 0. The Morgan fingerprint density at radius 2 is 1.76 bits per heavy atom. The summed E-state index contributed by atoms with van der Waals surface area (Å²) in [7, 11) is 3.74. The van der Waals surface area contributed by atoms with E-state index in [1.165, 1.54) is 12.1 Å². The number of hydrogen-bond donors (Lipinski definition) is 3. The number of aromatic nitrogens is 2. The quantitative estimate of drug-likeness (QED) is 0.324. The Labute approximate surface area is 287 Å². The van der Waals surface area contributed by atoms with Gasteiger partial charge in [0, 0.05) is 44.7 Å². The Balaban J connectivity index is 1.33. The molecule has 2 aliphatic carbocycles. The largest absolute Gasteiger partial charge is 0.338 e. The van der Waals surface area contributed by atoms with Crippen LogP contribution in [0.15, 0.2) is 22.8 Å². The molecule has 3 N–H and O–H groups in total. The average Bonchev–Trinajstić information content (AvgIpc) is 3.83. The standard InChI is InChI=1S/C35H51FN8O5/c1-7-27-31(41-49-40-27)33(46)38-30(23-10-8-20(2)9-11-23)32(45)37-28-15-12-24(18-26(28)36)22(4)29(39-35(48)43(6)25-13-14-25)34(47)44-17-16-42(5)21(3)19-44/h12,15,18,20-23,25,29-30H,7-11,13-14,16-17,19H2,1-6H3,(H,37,45)(H,38,46)(H,39,48)/t20?,21-,22+,23?,29-,30?/m1/s1. The van der Waals surface area contributed by atoms with Crippen molar-refractivity contribution in [2.75, 3.05) is 39.0 Å². The fourth-order valence-corrected chi connectivity index (χ4v) is 6.86. The lowest BCUT2D eigenvalue weighted by Crippen LogP contribution is -2.59. The minimum Gasteiger partial charge on any atom is -0.338 e. The topological polar surface area (TPSA) is 153 Å². The number of nitrogens with one attached hydrogen (secondary N) is 3. The number of nitrogens with zero attached hydrogens (tertiary/aromatic N) is 5. The zero-order chi connectivity index (χ0) is 35.4. The Hall–Kier alpha value is -4.07. The van der Waals surface area contributed by atoms with Crippen LogP contribution < -0.4 is 16.0 Å². The van der Waals surface area contributed by atoms with Gasteiger partial charge in [0.15, 0.2) is 5.69 Å². The number of carbonyl (C=O) groups is 4. The molecule has 49 heavy (non-hydrogen) atoms. The second-order valence-corrected chi connectivity index (χ2v) is 14.3. The van der Waals surface area contributed by atoms with Gasteiger partial charge in [-0.05, 0) is 80.8 Å². The van der Waals surface area contributed by atoms with Gasteiger partial charge in [-0.1, -0.05) is 44.8 Å². The van der Waals surface area contributed by atoms with Crippen LogP contribution in [0.1, 0.15) is 93.9 Å². The third-order valence-corrected chi connectivity index (χ3v) is 10.7. The molecular weight excluding hydrogens is 631 g/mol. The van der Waals surface area contributed by atoms with Crippen LogP contribution in [0.25, 0.3) is 0 Å². The van der Waals surface area contributed by atoms with Gasteiger partial charge in [-0.3, -0.25) is 14.4 Å². The summed E-state index contributed by atoms with van der Waals surface area (Å²) < 4.78 is 20.6. The van der Waals surface area contributed by atoms with Crippen molar-refractivity contribution in [1.82, 2.24) is 35.6 Å². The number of piperazine rings is 1. The summed E-state index contributed by atoms with van der Waals surface area (Å²) in [6.45, 7) is 9.60. The van der Waals surface area contributed by atoms with Gasteiger partial charge < -0.3 is 30.7 Å². The molecule has 1 aliphatic heterocycles. The molecule has 1 aromatic carbocycles. The predicted molar refractivity (Wildman–Crippen MR) is 181 cm³/mol. The molecule has 5 rings (SSSR count). The second kappa shape index (κ2) is 15.6. The summed E-state index contributed by atoms with van der Waals surface area (Å²) in [5, 5.41) is 16.0. The highest BCUT2D eigenvalue weighted by Gasteiger charge is 2.38. The Kier molecular flexibility index (Phi) is 11.6. The predicted octanol–water partition coefficient (Wildman–Crippen LogP) is 3.77. The van der Waals surface area contributed by atoms with Gasteiger partial charge in [0.05, 0.1) is 5.69 Å². The minimum absolute atomic E-state index is 0.0274. The lowest BCUT2D eigenvalue weighted by Gasteiger charge is -2.40. The smallest absolute Gasteiger partial charge is 0.318 e. The molecule has 3 aliphatic rings. The third kappa shape index (κ3) is 8.57. The van der Waals surface area contributed by atoms with Crippen LogP contribution >= 0.6 is 0 Å². The summed E-state index contributed by atoms with van der Waals surface area (Å²) in [4.78, 5) is 59.6. The summed E-state index contributed by atoms with van der Waals surface area (Å²) in [5.41, 5.74) is 0.871. The van der Waals surface area contributed by atoms with Gasteiger partial charge in [0.2, 0.25) is 11.8 Å².